The number of hydrogen-bond acceptors (Lipinski definition) is 5. The van der Waals surface area contributed by atoms with E-state index in [1.54, 1.807) is 29.2 Å². The Morgan fingerprint density at radius 1 is 1.22 bits per heavy atom. The minimum Gasteiger partial charge on any atom is -0.269 e. The van der Waals surface area contributed by atoms with E-state index in [1.807, 2.05) is 18.4 Å². The lowest BCUT2D eigenvalue weighted by Crippen LogP contribution is -2.29. The fourth-order valence-corrected chi connectivity index (χ4v) is 3.30. The number of anilines is 1. The molecule has 0 unspecified atom stereocenters. The van der Waals surface area contributed by atoms with Crippen molar-refractivity contribution in [2.45, 2.75) is 4.34 Å². The first-order valence-electron chi connectivity index (χ1n) is 5.20. The van der Waals surface area contributed by atoms with Gasteiger partial charge in [-0.1, -0.05) is 11.8 Å². The Balaban J connectivity index is 2.08. The van der Waals surface area contributed by atoms with Crippen LogP contribution in [0.3, 0.4) is 0 Å². The second kappa shape index (κ2) is 4.22. The van der Waals surface area contributed by atoms with Crippen molar-refractivity contribution in [2.24, 2.45) is 0 Å². The minimum absolute atomic E-state index is 0.297. The van der Waals surface area contributed by atoms with Crippen molar-refractivity contribution < 1.29 is 9.59 Å². The van der Waals surface area contributed by atoms with Crippen LogP contribution in [0.15, 0.2) is 34.7 Å². The average Bonchev–Trinajstić information content (AvgIpc) is 2.92. The number of rotatable bonds is 2. The summed E-state index contributed by atoms with van der Waals surface area (Å²) in [6.07, 6.45) is 4.54. The maximum atomic E-state index is 11.6. The number of nitrogens with zero attached hydrogens (tertiary/aromatic N) is 2. The fourth-order valence-electron chi connectivity index (χ4n) is 1.77. The van der Waals surface area contributed by atoms with Crippen LogP contribution in [0.2, 0.25) is 0 Å². The minimum atomic E-state index is -0.297. The van der Waals surface area contributed by atoms with Crippen molar-refractivity contribution >= 4 is 50.8 Å². The monoisotopic (exact) mass is 276 g/mol. The van der Waals surface area contributed by atoms with Crippen molar-refractivity contribution in [3.63, 3.8) is 0 Å². The Kier molecular flexibility index (Phi) is 2.68. The maximum absolute atomic E-state index is 11.6. The van der Waals surface area contributed by atoms with E-state index < -0.39 is 0 Å². The van der Waals surface area contributed by atoms with Gasteiger partial charge in [-0.15, -0.1) is 11.3 Å². The third kappa shape index (κ3) is 1.74. The van der Waals surface area contributed by atoms with Gasteiger partial charge in [-0.2, -0.15) is 0 Å². The molecule has 0 fully saturated rings. The van der Waals surface area contributed by atoms with E-state index in [4.69, 9.17) is 0 Å². The van der Waals surface area contributed by atoms with Crippen LogP contribution in [-0.4, -0.2) is 23.1 Å². The number of benzene rings is 1. The van der Waals surface area contributed by atoms with Gasteiger partial charge in [0, 0.05) is 12.2 Å². The Morgan fingerprint density at radius 3 is 2.61 bits per heavy atom. The number of thiazole rings is 1. The van der Waals surface area contributed by atoms with Crippen LogP contribution in [0.5, 0.6) is 0 Å². The lowest BCUT2D eigenvalue weighted by molar-refractivity contribution is -0.119. The molecule has 2 heterocycles. The average molecular weight is 276 g/mol. The Bertz CT molecular complexity index is 672. The number of imide groups is 1. The summed E-state index contributed by atoms with van der Waals surface area (Å²) in [6, 6.07) is 5.41. The maximum Gasteiger partial charge on any atom is 0.258 e. The van der Waals surface area contributed by atoms with Crippen LogP contribution in [0.4, 0.5) is 5.69 Å². The topological polar surface area (TPSA) is 50.3 Å². The highest BCUT2D eigenvalue weighted by molar-refractivity contribution is 8.00. The molecule has 3 rings (SSSR count). The van der Waals surface area contributed by atoms with Crippen LogP contribution in [0.25, 0.3) is 10.2 Å². The van der Waals surface area contributed by atoms with Gasteiger partial charge in [0.15, 0.2) is 4.34 Å². The van der Waals surface area contributed by atoms with Crippen molar-refractivity contribution in [3.8, 4) is 0 Å². The highest BCUT2D eigenvalue weighted by Gasteiger charge is 2.25. The molecule has 0 N–H and O–H groups in total. The van der Waals surface area contributed by atoms with Crippen molar-refractivity contribution in [1.82, 2.24) is 4.98 Å². The van der Waals surface area contributed by atoms with Crippen LogP contribution < -0.4 is 4.90 Å². The number of thioether (sulfide) groups is 1. The molecule has 2 aromatic rings. The fraction of sp³-hybridized carbons (Fsp3) is 0.0833. The molecule has 1 aromatic heterocycles. The predicted molar refractivity (Wildman–Crippen MR) is 73.0 cm³/mol. The molecule has 0 spiro atoms. The number of aromatic nitrogens is 1. The molecule has 6 heteroatoms. The highest BCUT2D eigenvalue weighted by atomic mass is 32.2. The molecule has 1 aliphatic rings. The number of amides is 2. The van der Waals surface area contributed by atoms with Gasteiger partial charge in [-0.05, 0) is 24.5 Å². The van der Waals surface area contributed by atoms with Crippen LogP contribution in [-0.2, 0) is 9.59 Å². The van der Waals surface area contributed by atoms with Crippen LogP contribution in [0, 0.1) is 0 Å². The summed E-state index contributed by atoms with van der Waals surface area (Å²) in [5.41, 5.74) is 1.49. The molecule has 0 radical (unpaired) electrons. The van der Waals surface area contributed by atoms with Crippen molar-refractivity contribution in [2.75, 3.05) is 11.2 Å². The van der Waals surface area contributed by atoms with Crippen molar-refractivity contribution in [3.05, 3.63) is 30.4 Å². The first kappa shape index (κ1) is 11.4. The zero-order valence-corrected chi connectivity index (χ0v) is 11.0. The largest absolute Gasteiger partial charge is 0.269 e. The summed E-state index contributed by atoms with van der Waals surface area (Å²) >= 11 is 3.14. The molecule has 2 amide bonds. The summed E-state index contributed by atoms with van der Waals surface area (Å²) in [4.78, 5) is 28.7. The number of hydrogen-bond donors (Lipinski definition) is 0. The number of carbonyl (C=O) groups excluding carboxylic acids is 2. The third-order valence-electron chi connectivity index (χ3n) is 2.59. The molecule has 1 aromatic carbocycles. The third-order valence-corrected chi connectivity index (χ3v) is 4.60. The normalized spacial score (nSPS) is 15.1. The van der Waals surface area contributed by atoms with Crippen molar-refractivity contribution in [1.29, 1.82) is 0 Å². The molecule has 18 heavy (non-hydrogen) atoms. The molecule has 4 nitrogen and oxygen atoms in total. The quantitative estimate of drug-likeness (QED) is 0.624. The molecule has 90 valence electrons. The zero-order chi connectivity index (χ0) is 12.7. The second-order valence-corrected chi connectivity index (χ2v) is 5.77. The van der Waals surface area contributed by atoms with Crippen LogP contribution in [0.1, 0.15) is 0 Å². The summed E-state index contributed by atoms with van der Waals surface area (Å²) in [5, 5.41) is 0. The summed E-state index contributed by atoms with van der Waals surface area (Å²) in [6.45, 7) is 0. The molecular weight excluding hydrogens is 268 g/mol. The van der Waals surface area contributed by atoms with E-state index in [1.165, 1.54) is 12.2 Å². The molecule has 0 atom stereocenters. The second-order valence-electron chi connectivity index (χ2n) is 3.68. The smallest absolute Gasteiger partial charge is 0.258 e. The van der Waals surface area contributed by atoms with E-state index in [2.05, 4.69) is 4.98 Å². The van der Waals surface area contributed by atoms with Gasteiger partial charge < -0.3 is 0 Å². The summed E-state index contributed by atoms with van der Waals surface area (Å²) in [5.74, 6) is -0.595. The van der Waals surface area contributed by atoms with E-state index in [0.717, 1.165) is 19.5 Å². The molecule has 0 saturated heterocycles. The van der Waals surface area contributed by atoms with Gasteiger partial charge in [0.1, 0.15) is 0 Å². The van der Waals surface area contributed by atoms with E-state index in [-0.39, 0.29) is 11.8 Å². The Morgan fingerprint density at radius 2 is 1.94 bits per heavy atom. The van der Waals surface area contributed by atoms with Gasteiger partial charge in [0.05, 0.1) is 15.9 Å². The van der Waals surface area contributed by atoms with Gasteiger partial charge in [-0.3, -0.25) is 9.59 Å². The van der Waals surface area contributed by atoms with Gasteiger partial charge in [0.2, 0.25) is 0 Å². The summed E-state index contributed by atoms with van der Waals surface area (Å²) < 4.78 is 1.95. The van der Waals surface area contributed by atoms with Gasteiger partial charge >= 0.3 is 0 Å². The first-order chi connectivity index (χ1) is 8.69. The van der Waals surface area contributed by atoms with E-state index >= 15 is 0 Å². The van der Waals surface area contributed by atoms with Crippen LogP contribution >= 0.6 is 23.1 Å². The lowest BCUT2D eigenvalue weighted by Gasteiger charge is -2.13. The molecule has 0 aliphatic carbocycles. The molecule has 1 aliphatic heterocycles. The summed E-state index contributed by atoms with van der Waals surface area (Å²) in [7, 11) is 0. The number of carbonyl (C=O) groups is 2. The zero-order valence-electron chi connectivity index (χ0n) is 9.41. The van der Waals surface area contributed by atoms with E-state index in [0.29, 0.717) is 5.69 Å². The van der Waals surface area contributed by atoms with E-state index in [9.17, 15) is 9.59 Å². The van der Waals surface area contributed by atoms with Gasteiger partial charge in [0.25, 0.3) is 11.8 Å². The first-order valence-corrected chi connectivity index (χ1v) is 7.24. The highest BCUT2D eigenvalue weighted by Crippen LogP contribution is 2.31. The predicted octanol–water partition coefficient (Wildman–Crippen LogP) is 2.45. The van der Waals surface area contributed by atoms with Gasteiger partial charge in [-0.25, -0.2) is 9.88 Å². The lowest BCUT2D eigenvalue weighted by atomic mass is 10.2. The molecular formula is C12H8N2O2S2. The standard InChI is InChI=1S/C12H8N2O2S2/c1-17-12-13-8-3-2-7(6-9(8)18-12)14-10(15)4-5-11(14)16/h2-6H,1H3. The molecule has 0 bridgehead atoms. The Hall–Kier alpha value is -1.66. The Labute approximate surface area is 111 Å². The SMILES string of the molecule is CSc1nc2ccc(N3C(=O)C=CC3=O)cc2s1. The number of fused-ring (bicyclic) bond motifs is 1. The molecule has 0 saturated carbocycles.